The lowest BCUT2D eigenvalue weighted by Crippen LogP contribution is -2.28. The summed E-state index contributed by atoms with van der Waals surface area (Å²) in [5.41, 5.74) is 0.808. The van der Waals surface area contributed by atoms with E-state index in [1.54, 1.807) is 13.3 Å². The van der Waals surface area contributed by atoms with Crippen LogP contribution in [0.25, 0.3) is 0 Å². The second kappa shape index (κ2) is 7.07. The molecule has 1 atom stereocenters. The predicted molar refractivity (Wildman–Crippen MR) is 76.0 cm³/mol. The molecular weight excluding hydrogens is 248 g/mol. The lowest BCUT2D eigenvalue weighted by atomic mass is 9.97. The van der Waals surface area contributed by atoms with Gasteiger partial charge in [0.15, 0.2) is 0 Å². The van der Waals surface area contributed by atoms with Crippen molar-refractivity contribution in [1.82, 2.24) is 10.3 Å². The van der Waals surface area contributed by atoms with Crippen molar-refractivity contribution in [2.45, 2.75) is 45.3 Å². The average Bonchev–Trinajstić information content (AvgIpc) is 2.35. The normalized spacial score (nSPS) is 13.6. The molecule has 0 aliphatic rings. The molecule has 0 aliphatic carbocycles. The minimum atomic E-state index is -0.116. The zero-order valence-electron chi connectivity index (χ0n) is 11.7. The van der Waals surface area contributed by atoms with Crippen molar-refractivity contribution in [1.29, 1.82) is 0 Å². The molecular formula is C14H23ClN2O. The first-order valence-electron chi connectivity index (χ1n) is 6.39. The quantitative estimate of drug-likeness (QED) is 0.822. The van der Waals surface area contributed by atoms with Crippen molar-refractivity contribution in [2.24, 2.45) is 0 Å². The lowest BCUT2D eigenvalue weighted by Gasteiger charge is -2.26. The Morgan fingerprint density at radius 1 is 1.50 bits per heavy atom. The number of aromatic nitrogens is 1. The zero-order valence-corrected chi connectivity index (χ0v) is 12.4. The van der Waals surface area contributed by atoms with Crippen molar-refractivity contribution in [3.8, 4) is 0 Å². The molecule has 4 heteroatoms. The van der Waals surface area contributed by atoms with Gasteiger partial charge in [-0.3, -0.25) is 4.98 Å². The molecule has 0 radical (unpaired) electrons. The van der Waals surface area contributed by atoms with E-state index in [-0.39, 0.29) is 11.6 Å². The van der Waals surface area contributed by atoms with Crippen LogP contribution >= 0.6 is 11.6 Å². The molecule has 1 unspecified atom stereocenters. The van der Waals surface area contributed by atoms with Crippen molar-refractivity contribution in [3.05, 3.63) is 29.0 Å². The summed E-state index contributed by atoms with van der Waals surface area (Å²) in [6.45, 7) is 7.17. The molecule has 102 valence electrons. The van der Waals surface area contributed by atoms with Crippen LogP contribution in [0.4, 0.5) is 0 Å². The van der Waals surface area contributed by atoms with Gasteiger partial charge in [0.25, 0.3) is 0 Å². The summed E-state index contributed by atoms with van der Waals surface area (Å²) in [6.07, 6.45) is 3.69. The van der Waals surface area contributed by atoms with Crippen molar-refractivity contribution in [2.75, 3.05) is 13.7 Å². The third kappa shape index (κ3) is 4.56. The van der Waals surface area contributed by atoms with E-state index in [1.165, 1.54) is 0 Å². The molecule has 3 nitrogen and oxygen atoms in total. The smallest absolute Gasteiger partial charge is 0.0758 e. The third-order valence-corrected chi connectivity index (χ3v) is 3.47. The van der Waals surface area contributed by atoms with E-state index in [4.69, 9.17) is 16.3 Å². The maximum absolute atomic E-state index is 6.20. The summed E-state index contributed by atoms with van der Waals surface area (Å²) in [5.74, 6) is 0. The Hall–Kier alpha value is -0.640. The molecule has 1 rings (SSSR count). The molecule has 0 spiro atoms. The van der Waals surface area contributed by atoms with Crippen LogP contribution in [0.15, 0.2) is 18.3 Å². The Morgan fingerprint density at radius 2 is 2.22 bits per heavy atom. The Balaban J connectivity index is 2.75. The molecule has 1 heterocycles. The van der Waals surface area contributed by atoms with Gasteiger partial charge in [-0.15, -0.1) is 0 Å². The van der Waals surface area contributed by atoms with Crippen LogP contribution in [0.2, 0.25) is 5.02 Å². The fraction of sp³-hybridized carbons (Fsp3) is 0.643. The van der Waals surface area contributed by atoms with Gasteiger partial charge >= 0.3 is 0 Å². The Morgan fingerprint density at radius 3 is 2.78 bits per heavy atom. The van der Waals surface area contributed by atoms with Gasteiger partial charge < -0.3 is 10.1 Å². The number of halogens is 1. The predicted octanol–water partition coefficient (Wildman–Crippen LogP) is 3.59. The van der Waals surface area contributed by atoms with Crippen LogP contribution in [0.1, 0.15) is 45.3 Å². The van der Waals surface area contributed by atoms with Crippen LogP contribution in [0.3, 0.4) is 0 Å². The van der Waals surface area contributed by atoms with E-state index in [9.17, 15) is 0 Å². The second-order valence-electron chi connectivity index (χ2n) is 4.98. The molecule has 0 amide bonds. The number of rotatable bonds is 7. The van der Waals surface area contributed by atoms with Gasteiger partial charge in [-0.1, -0.05) is 18.5 Å². The Labute approximate surface area is 115 Å². The number of ether oxygens (including phenoxy) is 1. The maximum Gasteiger partial charge on any atom is 0.0758 e. The highest BCUT2D eigenvalue weighted by atomic mass is 35.5. The van der Waals surface area contributed by atoms with Gasteiger partial charge in [0, 0.05) is 13.3 Å². The van der Waals surface area contributed by atoms with Gasteiger partial charge in [-0.2, -0.15) is 0 Å². The van der Waals surface area contributed by atoms with Crippen LogP contribution < -0.4 is 5.32 Å². The lowest BCUT2D eigenvalue weighted by molar-refractivity contribution is 0.0116. The molecule has 0 saturated heterocycles. The van der Waals surface area contributed by atoms with Crippen LogP contribution in [-0.2, 0) is 4.74 Å². The third-order valence-electron chi connectivity index (χ3n) is 3.16. The summed E-state index contributed by atoms with van der Waals surface area (Å²) < 4.78 is 5.45. The van der Waals surface area contributed by atoms with E-state index < -0.39 is 0 Å². The monoisotopic (exact) mass is 270 g/mol. The second-order valence-corrected chi connectivity index (χ2v) is 5.39. The number of pyridine rings is 1. The fourth-order valence-corrected chi connectivity index (χ4v) is 2.08. The minimum absolute atomic E-state index is 0.116. The molecule has 1 aromatic heterocycles. The molecule has 18 heavy (non-hydrogen) atoms. The summed E-state index contributed by atoms with van der Waals surface area (Å²) in [5, 5.41) is 4.15. The number of hydrogen-bond acceptors (Lipinski definition) is 3. The number of methoxy groups -OCH3 is 1. The van der Waals surface area contributed by atoms with E-state index >= 15 is 0 Å². The zero-order chi connectivity index (χ0) is 13.6. The first-order valence-corrected chi connectivity index (χ1v) is 6.77. The Kier molecular flexibility index (Phi) is 6.06. The van der Waals surface area contributed by atoms with E-state index in [2.05, 4.69) is 31.1 Å². The van der Waals surface area contributed by atoms with E-state index in [1.807, 2.05) is 12.1 Å². The van der Waals surface area contributed by atoms with Crippen molar-refractivity contribution >= 4 is 11.6 Å². The minimum Gasteiger partial charge on any atom is -0.379 e. The highest BCUT2D eigenvalue weighted by Gasteiger charge is 2.21. The molecule has 0 bridgehead atoms. The molecule has 0 aliphatic heterocycles. The number of nitrogens with zero attached hydrogens (tertiary/aromatic N) is 1. The van der Waals surface area contributed by atoms with Crippen LogP contribution in [-0.4, -0.2) is 24.2 Å². The van der Waals surface area contributed by atoms with E-state index in [0.717, 1.165) is 30.1 Å². The van der Waals surface area contributed by atoms with Gasteiger partial charge in [0.2, 0.25) is 0 Å². The fourth-order valence-electron chi connectivity index (χ4n) is 1.83. The topological polar surface area (TPSA) is 34.1 Å². The summed E-state index contributed by atoms with van der Waals surface area (Å²) in [7, 11) is 1.75. The summed E-state index contributed by atoms with van der Waals surface area (Å²) in [6, 6.07) is 3.92. The van der Waals surface area contributed by atoms with Gasteiger partial charge in [0.1, 0.15) is 0 Å². The van der Waals surface area contributed by atoms with Gasteiger partial charge in [-0.25, -0.2) is 0 Å². The SMILES string of the molecule is CCNC(CCC(C)(C)OC)c1ncccc1Cl. The average molecular weight is 271 g/mol. The van der Waals surface area contributed by atoms with Gasteiger partial charge in [-0.05, 0) is 45.4 Å². The van der Waals surface area contributed by atoms with Crippen LogP contribution in [0, 0.1) is 0 Å². The maximum atomic E-state index is 6.20. The summed E-state index contributed by atoms with van der Waals surface area (Å²) >= 11 is 6.20. The highest BCUT2D eigenvalue weighted by Crippen LogP contribution is 2.27. The Bertz CT molecular complexity index is 369. The molecule has 0 saturated carbocycles. The molecule has 0 fully saturated rings. The standard InChI is InChI=1S/C14H23ClN2O/c1-5-16-12(8-9-14(2,3)18-4)13-11(15)7-6-10-17-13/h6-7,10,12,16H,5,8-9H2,1-4H3. The largest absolute Gasteiger partial charge is 0.379 e. The van der Waals surface area contributed by atoms with Crippen LogP contribution in [0.5, 0.6) is 0 Å². The number of hydrogen-bond donors (Lipinski definition) is 1. The van der Waals surface area contributed by atoms with Crippen molar-refractivity contribution in [3.63, 3.8) is 0 Å². The first-order chi connectivity index (χ1) is 8.50. The molecule has 1 N–H and O–H groups in total. The highest BCUT2D eigenvalue weighted by molar-refractivity contribution is 6.31. The molecule has 1 aromatic rings. The van der Waals surface area contributed by atoms with Crippen molar-refractivity contribution < 1.29 is 4.74 Å². The first kappa shape index (κ1) is 15.4. The van der Waals surface area contributed by atoms with Gasteiger partial charge in [0.05, 0.1) is 22.4 Å². The number of nitrogens with one attached hydrogen (secondary N) is 1. The summed E-state index contributed by atoms with van der Waals surface area (Å²) in [4.78, 5) is 4.39. The molecule has 0 aromatic carbocycles. The van der Waals surface area contributed by atoms with E-state index in [0.29, 0.717) is 0 Å².